The van der Waals surface area contributed by atoms with Gasteiger partial charge in [0, 0.05) is 32.5 Å². The van der Waals surface area contributed by atoms with Crippen LogP contribution < -0.4 is 0 Å². The van der Waals surface area contributed by atoms with Gasteiger partial charge in [-0.15, -0.1) is 0 Å². The van der Waals surface area contributed by atoms with Gasteiger partial charge in [0.15, 0.2) is 0 Å². The highest BCUT2D eigenvalue weighted by atomic mass is 16.4. The molecular weight excluding hydrogens is 260 g/mol. The standard InChI is InChI=1S/C14H22N2O4/c1-9(17)15(2)8-13(18)16-11-3-4-12(16)6-10(5-11)7-14(19)20/h10-12H,3-8H2,1-2H3,(H,19,20). The number of aliphatic carboxylic acids is 1. The highest BCUT2D eigenvalue weighted by Gasteiger charge is 2.43. The minimum absolute atomic E-state index is 0.0102. The maximum atomic E-state index is 12.3. The van der Waals surface area contributed by atoms with E-state index in [1.807, 2.05) is 4.90 Å². The highest BCUT2D eigenvalue weighted by Crippen LogP contribution is 2.39. The fourth-order valence-corrected chi connectivity index (χ4v) is 3.51. The van der Waals surface area contributed by atoms with Crippen LogP contribution in [0.1, 0.15) is 39.0 Å². The molecular formula is C14H22N2O4. The molecule has 2 saturated heterocycles. The molecule has 1 N–H and O–H groups in total. The van der Waals surface area contributed by atoms with Gasteiger partial charge in [-0.3, -0.25) is 14.4 Å². The molecule has 112 valence electrons. The number of carboxylic acids is 1. The van der Waals surface area contributed by atoms with Crippen molar-refractivity contribution in [1.82, 2.24) is 9.80 Å². The molecule has 2 rings (SSSR count). The van der Waals surface area contributed by atoms with E-state index >= 15 is 0 Å². The van der Waals surface area contributed by atoms with Crippen molar-refractivity contribution in [2.45, 2.75) is 51.1 Å². The second-order valence-corrected chi connectivity index (χ2v) is 6.00. The summed E-state index contributed by atoms with van der Waals surface area (Å²) in [6.45, 7) is 1.56. The Labute approximate surface area is 118 Å². The van der Waals surface area contributed by atoms with E-state index in [0.717, 1.165) is 25.7 Å². The Morgan fingerprint density at radius 2 is 1.75 bits per heavy atom. The van der Waals surface area contributed by atoms with Gasteiger partial charge in [-0.1, -0.05) is 0 Å². The van der Waals surface area contributed by atoms with E-state index in [9.17, 15) is 14.4 Å². The van der Waals surface area contributed by atoms with Gasteiger partial charge in [-0.2, -0.15) is 0 Å². The lowest BCUT2D eigenvalue weighted by Crippen LogP contribution is -2.50. The Bertz CT molecular complexity index is 409. The number of hydrogen-bond acceptors (Lipinski definition) is 3. The zero-order chi connectivity index (χ0) is 14.9. The lowest BCUT2D eigenvalue weighted by Gasteiger charge is -2.39. The molecule has 0 aromatic heterocycles. The van der Waals surface area contributed by atoms with Gasteiger partial charge in [0.05, 0.1) is 6.54 Å². The van der Waals surface area contributed by atoms with Crippen LogP contribution in [0.15, 0.2) is 0 Å². The molecule has 0 radical (unpaired) electrons. The molecule has 2 bridgehead atoms. The average Bonchev–Trinajstić information content (AvgIpc) is 2.60. The Morgan fingerprint density at radius 3 is 2.20 bits per heavy atom. The van der Waals surface area contributed by atoms with Crippen molar-refractivity contribution in [3.63, 3.8) is 0 Å². The number of likely N-dealkylation sites (N-methyl/N-ethyl adjacent to an activating group) is 1. The summed E-state index contributed by atoms with van der Waals surface area (Å²) in [7, 11) is 1.62. The molecule has 0 spiro atoms. The Kier molecular flexibility index (Phi) is 4.30. The first-order valence-electron chi connectivity index (χ1n) is 7.13. The lowest BCUT2D eigenvalue weighted by molar-refractivity contribution is -0.143. The number of carboxylic acid groups (broad SMARTS) is 1. The summed E-state index contributed by atoms with van der Waals surface area (Å²) in [5.74, 6) is -0.708. The second-order valence-electron chi connectivity index (χ2n) is 6.00. The lowest BCUT2D eigenvalue weighted by atomic mass is 9.88. The molecule has 2 unspecified atom stereocenters. The van der Waals surface area contributed by atoms with Crippen LogP contribution in [0, 0.1) is 5.92 Å². The third-order valence-corrected chi connectivity index (χ3v) is 4.49. The summed E-state index contributed by atoms with van der Waals surface area (Å²) < 4.78 is 0. The molecule has 0 aromatic carbocycles. The van der Waals surface area contributed by atoms with E-state index in [1.165, 1.54) is 11.8 Å². The SMILES string of the molecule is CC(=O)N(C)CC(=O)N1C2CCC1CC(CC(=O)O)C2. The molecule has 0 saturated carbocycles. The van der Waals surface area contributed by atoms with Crippen LogP contribution >= 0.6 is 0 Å². The Hall–Kier alpha value is -1.59. The summed E-state index contributed by atoms with van der Waals surface area (Å²) in [4.78, 5) is 37.7. The molecule has 2 amide bonds. The minimum Gasteiger partial charge on any atom is -0.481 e. The van der Waals surface area contributed by atoms with E-state index in [2.05, 4.69) is 0 Å². The van der Waals surface area contributed by atoms with E-state index in [4.69, 9.17) is 5.11 Å². The first-order valence-corrected chi connectivity index (χ1v) is 7.13. The predicted molar refractivity (Wildman–Crippen MR) is 71.9 cm³/mol. The van der Waals surface area contributed by atoms with Crippen molar-refractivity contribution in [3.8, 4) is 0 Å². The predicted octanol–water partition coefficient (Wildman–Crippen LogP) is 0.709. The number of amides is 2. The number of rotatable bonds is 4. The molecule has 2 atom stereocenters. The molecule has 2 aliphatic heterocycles. The average molecular weight is 282 g/mol. The molecule has 6 heteroatoms. The van der Waals surface area contributed by atoms with Crippen molar-refractivity contribution in [2.75, 3.05) is 13.6 Å². The minimum atomic E-state index is -0.759. The van der Waals surface area contributed by atoms with Crippen LogP contribution in [-0.2, 0) is 14.4 Å². The van der Waals surface area contributed by atoms with Crippen molar-refractivity contribution < 1.29 is 19.5 Å². The zero-order valence-electron chi connectivity index (χ0n) is 12.0. The topological polar surface area (TPSA) is 77.9 Å². The van der Waals surface area contributed by atoms with Crippen molar-refractivity contribution in [1.29, 1.82) is 0 Å². The van der Waals surface area contributed by atoms with Crippen LogP contribution in [0.3, 0.4) is 0 Å². The third-order valence-electron chi connectivity index (χ3n) is 4.49. The summed E-state index contributed by atoms with van der Waals surface area (Å²) in [5.41, 5.74) is 0. The number of hydrogen-bond donors (Lipinski definition) is 1. The smallest absolute Gasteiger partial charge is 0.303 e. The third kappa shape index (κ3) is 3.11. The van der Waals surface area contributed by atoms with E-state index in [1.54, 1.807) is 7.05 Å². The second kappa shape index (κ2) is 5.81. The van der Waals surface area contributed by atoms with Gasteiger partial charge in [0.25, 0.3) is 0 Å². The molecule has 2 aliphatic rings. The fourth-order valence-electron chi connectivity index (χ4n) is 3.51. The normalized spacial score (nSPS) is 28.3. The van der Waals surface area contributed by atoms with Gasteiger partial charge in [-0.25, -0.2) is 0 Å². The molecule has 2 fully saturated rings. The number of carbonyl (C=O) groups excluding carboxylic acids is 2. The first kappa shape index (κ1) is 14.8. The van der Waals surface area contributed by atoms with Gasteiger partial charge >= 0.3 is 5.97 Å². The number of carbonyl (C=O) groups is 3. The molecule has 2 heterocycles. The molecule has 0 aromatic rings. The summed E-state index contributed by atoms with van der Waals surface area (Å²) >= 11 is 0. The fraction of sp³-hybridized carbons (Fsp3) is 0.786. The van der Waals surface area contributed by atoms with Gasteiger partial charge in [-0.05, 0) is 31.6 Å². The van der Waals surface area contributed by atoms with Gasteiger partial charge in [0.2, 0.25) is 11.8 Å². The van der Waals surface area contributed by atoms with Gasteiger partial charge < -0.3 is 14.9 Å². The van der Waals surface area contributed by atoms with Crippen LogP contribution in [0.4, 0.5) is 0 Å². The number of fused-ring (bicyclic) bond motifs is 2. The first-order chi connectivity index (χ1) is 9.38. The summed E-state index contributed by atoms with van der Waals surface area (Å²) in [6, 6.07) is 0.317. The van der Waals surface area contributed by atoms with Crippen LogP contribution in [0.5, 0.6) is 0 Å². The van der Waals surface area contributed by atoms with Gasteiger partial charge in [0.1, 0.15) is 0 Å². The van der Waals surface area contributed by atoms with E-state index in [-0.39, 0.29) is 42.8 Å². The highest BCUT2D eigenvalue weighted by molar-refractivity contribution is 5.84. The molecule has 0 aliphatic carbocycles. The maximum absolute atomic E-state index is 12.3. The zero-order valence-corrected chi connectivity index (χ0v) is 12.0. The monoisotopic (exact) mass is 282 g/mol. The van der Waals surface area contributed by atoms with E-state index < -0.39 is 5.97 Å². The van der Waals surface area contributed by atoms with Crippen LogP contribution in [0.25, 0.3) is 0 Å². The largest absolute Gasteiger partial charge is 0.481 e. The number of nitrogens with zero attached hydrogens (tertiary/aromatic N) is 2. The molecule has 20 heavy (non-hydrogen) atoms. The summed E-state index contributed by atoms with van der Waals surface area (Å²) in [6.07, 6.45) is 3.66. The van der Waals surface area contributed by atoms with Crippen LogP contribution in [0.2, 0.25) is 0 Å². The Morgan fingerprint density at radius 1 is 1.20 bits per heavy atom. The van der Waals surface area contributed by atoms with Crippen molar-refractivity contribution in [2.24, 2.45) is 5.92 Å². The maximum Gasteiger partial charge on any atom is 0.303 e. The quantitative estimate of drug-likeness (QED) is 0.823. The van der Waals surface area contributed by atoms with Crippen LogP contribution in [-0.4, -0.2) is 58.4 Å². The van der Waals surface area contributed by atoms with Crippen molar-refractivity contribution in [3.05, 3.63) is 0 Å². The van der Waals surface area contributed by atoms with Crippen molar-refractivity contribution >= 4 is 17.8 Å². The summed E-state index contributed by atoms with van der Waals surface area (Å²) in [5, 5.41) is 8.89. The molecule has 6 nitrogen and oxygen atoms in total. The van der Waals surface area contributed by atoms with E-state index in [0.29, 0.717) is 0 Å². The number of piperidine rings is 1. The Balaban J connectivity index is 1.96.